The molecule has 2 saturated carbocycles. The van der Waals surface area contributed by atoms with E-state index in [9.17, 15) is 4.79 Å². The number of hydrogen-bond acceptors (Lipinski definition) is 2. The average Bonchev–Trinajstić information content (AvgIpc) is 3.17. The van der Waals surface area contributed by atoms with Crippen molar-refractivity contribution in [3.63, 3.8) is 0 Å². The Kier molecular flexibility index (Phi) is 4.78. The summed E-state index contributed by atoms with van der Waals surface area (Å²) in [7, 11) is 0. The van der Waals surface area contributed by atoms with Crippen LogP contribution in [0, 0.1) is 11.3 Å². The molecule has 0 spiro atoms. The number of rotatable bonds is 4. The average molecular weight is 287 g/mol. The maximum Gasteiger partial charge on any atom is 0.228 e. The molecule has 0 bridgehead atoms. The summed E-state index contributed by atoms with van der Waals surface area (Å²) in [5.41, 5.74) is -0.00568. The van der Waals surface area contributed by atoms with Gasteiger partial charge in [-0.3, -0.25) is 4.79 Å². The van der Waals surface area contributed by atoms with Crippen molar-refractivity contribution in [1.82, 2.24) is 10.2 Å². The maximum atomic E-state index is 12.4. The third kappa shape index (κ3) is 3.43. The number of nitrogens with one attached hydrogen (secondary N) is 1. The Hall–Kier alpha value is -0.280. The second-order valence-corrected chi connectivity index (χ2v) is 6.83. The third-order valence-electron chi connectivity index (χ3n) is 5.15. The quantitative estimate of drug-likeness (QED) is 0.861. The molecule has 0 unspecified atom stereocenters. The molecule has 0 aromatic carbocycles. The van der Waals surface area contributed by atoms with Crippen LogP contribution in [-0.2, 0) is 4.79 Å². The molecule has 1 saturated heterocycles. The van der Waals surface area contributed by atoms with Crippen molar-refractivity contribution in [3.05, 3.63) is 0 Å². The highest BCUT2D eigenvalue weighted by atomic mass is 35.5. The van der Waals surface area contributed by atoms with Gasteiger partial charge in [0.1, 0.15) is 0 Å². The van der Waals surface area contributed by atoms with Crippen LogP contribution in [0.1, 0.15) is 51.9 Å². The molecule has 3 aliphatic rings. The maximum absolute atomic E-state index is 12.4. The number of likely N-dealkylation sites (tertiary alicyclic amines) is 1. The molecule has 0 aromatic rings. The number of carbonyl (C=O) groups excluding carboxylic acids is 1. The fourth-order valence-corrected chi connectivity index (χ4v) is 3.24. The molecule has 110 valence electrons. The molecular weight excluding hydrogens is 260 g/mol. The Bertz CT molecular complexity index is 318. The van der Waals surface area contributed by atoms with Gasteiger partial charge in [0.05, 0.1) is 0 Å². The van der Waals surface area contributed by atoms with Gasteiger partial charge in [-0.25, -0.2) is 0 Å². The van der Waals surface area contributed by atoms with Crippen molar-refractivity contribution in [1.29, 1.82) is 0 Å². The van der Waals surface area contributed by atoms with Crippen molar-refractivity contribution < 1.29 is 4.79 Å². The van der Waals surface area contributed by atoms with Gasteiger partial charge < -0.3 is 10.2 Å². The van der Waals surface area contributed by atoms with E-state index in [-0.39, 0.29) is 17.8 Å². The minimum atomic E-state index is -0.00568. The van der Waals surface area contributed by atoms with Crippen molar-refractivity contribution in [2.45, 2.75) is 57.9 Å². The second-order valence-electron chi connectivity index (χ2n) is 6.83. The van der Waals surface area contributed by atoms with Gasteiger partial charge in [-0.2, -0.15) is 0 Å². The smallest absolute Gasteiger partial charge is 0.228 e. The molecule has 3 rings (SSSR count). The first kappa shape index (κ1) is 15.1. The summed E-state index contributed by atoms with van der Waals surface area (Å²) in [5.74, 6) is 1.38. The highest BCUT2D eigenvalue weighted by Crippen LogP contribution is 2.42. The summed E-state index contributed by atoms with van der Waals surface area (Å²) in [6.07, 6.45) is 8.58. The Labute approximate surface area is 122 Å². The molecule has 0 atom stereocenters. The zero-order chi connectivity index (χ0) is 12.6. The zero-order valence-corrected chi connectivity index (χ0v) is 12.8. The molecule has 1 aliphatic heterocycles. The predicted molar refractivity (Wildman–Crippen MR) is 79.5 cm³/mol. The number of halogens is 1. The van der Waals surface area contributed by atoms with Crippen LogP contribution in [0.5, 0.6) is 0 Å². The standard InChI is InChI=1S/C15H26N2O.ClH/c1-15(7-2-8-15)14(18)17-9-5-13(6-10-17)16-11-12-3-4-12;/h12-13,16H,2-11H2,1H3;1H. The van der Waals surface area contributed by atoms with Crippen molar-refractivity contribution in [3.8, 4) is 0 Å². The van der Waals surface area contributed by atoms with Crippen LogP contribution in [0.2, 0.25) is 0 Å². The molecule has 1 N–H and O–H groups in total. The Morgan fingerprint density at radius 2 is 1.84 bits per heavy atom. The summed E-state index contributed by atoms with van der Waals surface area (Å²) in [5, 5.41) is 3.67. The van der Waals surface area contributed by atoms with E-state index in [4.69, 9.17) is 0 Å². The first-order valence-corrected chi connectivity index (χ1v) is 7.70. The lowest BCUT2D eigenvalue weighted by Gasteiger charge is -2.43. The first-order chi connectivity index (χ1) is 8.67. The normalized spacial score (nSPS) is 26.5. The lowest BCUT2D eigenvalue weighted by molar-refractivity contribution is -0.147. The van der Waals surface area contributed by atoms with Crippen LogP contribution >= 0.6 is 12.4 Å². The summed E-state index contributed by atoms with van der Waals surface area (Å²) < 4.78 is 0. The van der Waals surface area contributed by atoms with Gasteiger partial charge in [-0.15, -0.1) is 12.4 Å². The molecule has 3 nitrogen and oxygen atoms in total. The summed E-state index contributed by atoms with van der Waals surface area (Å²) in [4.78, 5) is 14.5. The third-order valence-corrected chi connectivity index (χ3v) is 5.15. The van der Waals surface area contributed by atoms with E-state index in [1.165, 1.54) is 25.8 Å². The van der Waals surface area contributed by atoms with Gasteiger partial charge in [-0.05, 0) is 51.0 Å². The van der Waals surface area contributed by atoms with Gasteiger partial charge in [-0.1, -0.05) is 13.3 Å². The van der Waals surface area contributed by atoms with Gasteiger partial charge in [0.2, 0.25) is 5.91 Å². The molecule has 3 fully saturated rings. The number of nitrogens with zero attached hydrogens (tertiary/aromatic N) is 1. The molecular formula is C15H27ClN2O. The fourth-order valence-electron chi connectivity index (χ4n) is 3.24. The second kappa shape index (κ2) is 6.01. The van der Waals surface area contributed by atoms with Crippen molar-refractivity contribution in [2.75, 3.05) is 19.6 Å². The summed E-state index contributed by atoms with van der Waals surface area (Å²) in [6, 6.07) is 0.656. The first-order valence-electron chi connectivity index (χ1n) is 7.70. The minimum Gasteiger partial charge on any atom is -0.342 e. The van der Waals surface area contributed by atoms with Gasteiger partial charge in [0.15, 0.2) is 0 Å². The van der Waals surface area contributed by atoms with Crippen LogP contribution in [0.15, 0.2) is 0 Å². The van der Waals surface area contributed by atoms with E-state index >= 15 is 0 Å². The Morgan fingerprint density at radius 3 is 2.32 bits per heavy atom. The lowest BCUT2D eigenvalue weighted by Crippen LogP contribution is -2.51. The molecule has 0 radical (unpaired) electrons. The largest absolute Gasteiger partial charge is 0.342 e. The molecule has 0 aromatic heterocycles. The molecule has 2 aliphatic carbocycles. The molecule has 1 amide bonds. The Balaban J connectivity index is 0.00000133. The van der Waals surface area contributed by atoms with E-state index in [2.05, 4.69) is 17.1 Å². The highest BCUT2D eigenvalue weighted by Gasteiger charge is 2.42. The van der Waals surface area contributed by atoms with E-state index in [1.54, 1.807) is 0 Å². The van der Waals surface area contributed by atoms with Crippen LogP contribution in [-0.4, -0.2) is 36.5 Å². The van der Waals surface area contributed by atoms with E-state index in [1.807, 2.05) is 0 Å². The number of hydrogen-bond donors (Lipinski definition) is 1. The van der Waals surface area contributed by atoms with Crippen molar-refractivity contribution >= 4 is 18.3 Å². The van der Waals surface area contributed by atoms with Crippen molar-refractivity contribution in [2.24, 2.45) is 11.3 Å². The van der Waals surface area contributed by atoms with Gasteiger partial charge in [0.25, 0.3) is 0 Å². The fraction of sp³-hybridized carbons (Fsp3) is 0.933. The minimum absolute atomic E-state index is 0. The van der Waals surface area contributed by atoms with Crippen LogP contribution in [0.25, 0.3) is 0 Å². The van der Waals surface area contributed by atoms with Gasteiger partial charge in [0, 0.05) is 24.5 Å². The summed E-state index contributed by atoms with van der Waals surface area (Å²) in [6.45, 7) is 5.29. The number of amides is 1. The molecule has 19 heavy (non-hydrogen) atoms. The SMILES string of the molecule is CC1(C(=O)N2CCC(NCC3CC3)CC2)CCC1.Cl. The van der Waals surface area contributed by atoms with E-state index in [0.717, 1.165) is 44.7 Å². The summed E-state index contributed by atoms with van der Waals surface area (Å²) >= 11 is 0. The number of carbonyl (C=O) groups is 1. The van der Waals surface area contributed by atoms with Gasteiger partial charge >= 0.3 is 0 Å². The van der Waals surface area contributed by atoms with Crippen LogP contribution in [0.4, 0.5) is 0 Å². The monoisotopic (exact) mass is 286 g/mol. The van der Waals surface area contributed by atoms with E-state index < -0.39 is 0 Å². The Morgan fingerprint density at radius 1 is 1.21 bits per heavy atom. The topological polar surface area (TPSA) is 32.3 Å². The zero-order valence-electron chi connectivity index (χ0n) is 12.0. The molecule has 4 heteroatoms. The predicted octanol–water partition coefficient (Wildman–Crippen LogP) is 2.59. The molecule has 1 heterocycles. The van der Waals surface area contributed by atoms with Crippen LogP contribution < -0.4 is 5.32 Å². The highest BCUT2D eigenvalue weighted by molar-refractivity contribution is 5.85. The van der Waals surface area contributed by atoms with E-state index in [0.29, 0.717) is 11.9 Å². The number of piperidine rings is 1. The van der Waals surface area contributed by atoms with Crippen LogP contribution in [0.3, 0.4) is 0 Å². The lowest BCUT2D eigenvalue weighted by atomic mass is 9.69.